The molecule has 1 unspecified atom stereocenters. The van der Waals surface area contributed by atoms with E-state index in [-0.39, 0.29) is 31.0 Å². The molecule has 0 aliphatic carbocycles. The monoisotopic (exact) mass is 446 g/mol. The smallest absolute Gasteiger partial charge is 0.416 e. The minimum Gasteiger partial charge on any atom is -0.494 e. The van der Waals surface area contributed by atoms with Crippen LogP contribution in [0, 0.1) is 0 Å². The third-order valence-electron chi connectivity index (χ3n) is 5.38. The maximum absolute atomic E-state index is 12.7. The van der Waals surface area contributed by atoms with Gasteiger partial charge in [-0.25, -0.2) is 4.79 Å². The normalized spacial score (nSPS) is 18.5. The van der Waals surface area contributed by atoms with Gasteiger partial charge in [-0.3, -0.25) is 4.79 Å². The second-order valence-electron chi connectivity index (χ2n) is 7.81. The number of ether oxygens (including phenoxy) is 2. The van der Waals surface area contributed by atoms with Gasteiger partial charge >= 0.3 is 12.1 Å². The number of alkyl halides is 3. The number of aliphatic carboxylic acids is 1. The van der Waals surface area contributed by atoms with Crippen molar-refractivity contribution in [1.29, 1.82) is 0 Å². The molecule has 174 valence electrons. The second kappa shape index (κ2) is 11.5. The topological polar surface area (TPSA) is 93.1 Å². The summed E-state index contributed by atoms with van der Waals surface area (Å²) in [5.74, 6) is -1.16. The first-order valence-electron chi connectivity index (χ1n) is 10.5. The Morgan fingerprint density at radius 2 is 1.87 bits per heavy atom. The van der Waals surface area contributed by atoms with Gasteiger partial charge in [0.25, 0.3) is 0 Å². The van der Waals surface area contributed by atoms with E-state index < -0.39 is 29.4 Å². The number of hydrogen-bond donors (Lipinski definition) is 2. The van der Waals surface area contributed by atoms with Crippen molar-refractivity contribution >= 4 is 11.8 Å². The highest BCUT2D eigenvalue weighted by Crippen LogP contribution is 2.31. The van der Waals surface area contributed by atoms with Crippen molar-refractivity contribution in [2.45, 2.75) is 75.7 Å². The number of benzene rings is 1. The van der Waals surface area contributed by atoms with Gasteiger partial charge in [0, 0.05) is 19.4 Å². The van der Waals surface area contributed by atoms with E-state index in [1.54, 1.807) is 0 Å². The average molecular weight is 446 g/mol. The molecule has 0 saturated carbocycles. The number of rotatable bonds is 13. The minimum absolute atomic E-state index is 0.0141. The standard InChI is InChI=1S/C22H29F3O6/c23-22(24,25)16-7-4-10-18(15-16)30-13-5-9-17(26)8-2-1-3-12-21(29,20(27)28)19-11-6-14-31-19/h4,7,10,15,19,29H,1-3,5-6,8-9,11-14H2,(H,27,28)/t19-,21?/m0/s1. The average Bonchev–Trinajstić information content (AvgIpc) is 3.26. The number of carboxylic acid groups (broad SMARTS) is 1. The largest absolute Gasteiger partial charge is 0.494 e. The zero-order valence-corrected chi connectivity index (χ0v) is 17.3. The molecule has 0 radical (unpaired) electrons. The van der Waals surface area contributed by atoms with E-state index in [9.17, 15) is 33.0 Å². The van der Waals surface area contributed by atoms with E-state index in [2.05, 4.69) is 0 Å². The van der Waals surface area contributed by atoms with Gasteiger partial charge in [0.15, 0.2) is 5.60 Å². The van der Waals surface area contributed by atoms with Crippen LogP contribution in [-0.2, 0) is 20.5 Å². The van der Waals surface area contributed by atoms with Gasteiger partial charge in [0.1, 0.15) is 11.5 Å². The Hall–Kier alpha value is -2.13. The van der Waals surface area contributed by atoms with E-state index in [4.69, 9.17) is 9.47 Å². The summed E-state index contributed by atoms with van der Waals surface area (Å²) in [6.07, 6.45) is -1.17. The van der Waals surface area contributed by atoms with Gasteiger partial charge in [-0.1, -0.05) is 12.5 Å². The van der Waals surface area contributed by atoms with Crippen LogP contribution in [0.3, 0.4) is 0 Å². The Labute approximate surface area is 179 Å². The molecule has 31 heavy (non-hydrogen) atoms. The number of carboxylic acids is 1. The molecule has 1 aliphatic heterocycles. The zero-order valence-electron chi connectivity index (χ0n) is 17.3. The van der Waals surface area contributed by atoms with Crippen LogP contribution in [0.25, 0.3) is 0 Å². The molecule has 1 heterocycles. The third-order valence-corrected chi connectivity index (χ3v) is 5.38. The van der Waals surface area contributed by atoms with E-state index >= 15 is 0 Å². The van der Waals surface area contributed by atoms with Gasteiger partial charge in [-0.05, 0) is 56.7 Å². The molecule has 0 bridgehead atoms. The van der Waals surface area contributed by atoms with Crippen LogP contribution in [0.4, 0.5) is 13.2 Å². The zero-order chi connectivity index (χ0) is 22.9. The summed E-state index contributed by atoms with van der Waals surface area (Å²) in [5, 5.41) is 19.8. The Morgan fingerprint density at radius 1 is 1.13 bits per heavy atom. The van der Waals surface area contributed by atoms with Crippen LogP contribution in [0.15, 0.2) is 24.3 Å². The number of carbonyl (C=O) groups is 2. The predicted octanol–water partition coefficient (Wildman–Crippen LogP) is 4.38. The van der Waals surface area contributed by atoms with Crippen LogP contribution in [0.5, 0.6) is 5.75 Å². The van der Waals surface area contributed by atoms with Gasteiger partial charge in [-0.2, -0.15) is 13.2 Å². The molecule has 0 spiro atoms. The van der Waals surface area contributed by atoms with Crippen molar-refractivity contribution in [3.8, 4) is 5.75 Å². The summed E-state index contributed by atoms with van der Waals surface area (Å²) in [4.78, 5) is 23.4. The molecule has 0 amide bonds. The number of hydrogen-bond acceptors (Lipinski definition) is 5. The quantitative estimate of drug-likeness (QED) is 0.437. The van der Waals surface area contributed by atoms with Crippen LogP contribution in [0.1, 0.15) is 63.4 Å². The lowest BCUT2D eigenvalue weighted by molar-refractivity contribution is -0.174. The highest BCUT2D eigenvalue weighted by atomic mass is 19.4. The summed E-state index contributed by atoms with van der Waals surface area (Å²) in [5.41, 5.74) is -2.67. The van der Waals surface area contributed by atoms with Crippen molar-refractivity contribution in [2.24, 2.45) is 0 Å². The SMILES string of the molecule is O=C(CCCCCC(O)(C(=O)O)[C@@H]1CCCO1)CCCOc1cccc(C(F)(F)F)c1. The summed E-state index contributed by atoms with van der Waals surface area (Å²) < 4.78 is 48.6. The highest BCUT2D eigenvalue weighted by molar-refractivity contribution is 5.78. The first-order valence-corrected chi connectivity index (χ1v) is 10.5. The molecule has 6 nitrogen and oxygen atoms in total. The van der Waals surface area contributed by atoms with Gasteiger partial charge in [-0.15, -0.1) is 0 Å². The molecule has 9 heteroatoms. The third kappa shape index (κ3) is 7.81. The minimum atomic E-state index is -4.43. The first kappa shape index (κ1) is 25.1. The van der Waals surface area contributed by atoms with E-state index in [0.29, 0.717) is 45.1 Å². The molecule has 1 aromatic carbocycles. The van der Waals surface area contributed by atoms with Crippen molar-refractivity contribution in [3.05, 3.63) is 29.8 Å². The van der Waals surface area contributed by atoms with Crippen LogP contribution >= 0.6 is 0 Å². The van der Waals surface area contributed by atoms with E-state index in [0.717, 1.165) is 18.6 Å². The number of unbranched alkanes of at least 4 members (excludes halogenated alkanes) is 2. The summed E-state index contributed by atoms with van der Waals surface area (Å²) in [7, 11) is 0. The Morgan fingerprint density at radius 3 is 2.52 bits per heavy atom. The van der Waals surface area contributed by atoms with Crippen LogP contribution in [-0.4, -0.2) is 46.9 Å². The number of Topliss-reactive ketones (excluding diaryl/α,β-unsaturated/α-hetero) is 1. The Bertz CT molecular complexity index is 730. The molecule has 2 atom stereocenters. The van der Waals surface area contributed by atoms with Crippen LogP contribution < -0.4 is 4.74 Å². The van der Waals surface area contributed by atoms with Crippen molar-refractivity contribution < 1.29 is 42.4 Å². The fourth-order valence-electron chi connectivity index (χ4n) is 3.60. The van der Waals surface area contributed by atoms with Crippen molar-refractivity contribution in [2.75, 3.05) is 13.2 Å². The summed E-state index contributed by atoms with van der Waals surface area (Å²) in [6.45, 7) is 0.590. The fraction of sp³-hybridized carbons (Fsp3) is 0.636. The second-order valence-corrected chi connectivity index (χ2v) is 7.81. The van der Waals surface area contributed by atoms with E-state index in [1.165, 1.54) is 12.1 Å². The molecule has 1 saturated heterocycles. The molecule has 2 rings (SSSR count). The van der Waals surface area contributed by atoms with Gasteiger partial charge < -0.3 is 19.7 Å². The lowest BCUT2D eigenvalue weighted by Crippen LogP contribution is -2.49. The molecule has 2 N–H and O–H groups in total. The summed E-state index contributed by atoms with van der Waals surface area (Å²) in [6, 6.07) is 4.60. The lowest BCUT2D eigenvalue weighted by Gasteiger charge is -2.29. The Balaban J connectivity index is 1.60. The molecule has 1 aromatic rings. The van der Waals surface area contributed by atoms with Crippen molar-refractivity contribution in [3.63, 3.8) is 0 Å². The highest BCUT2D eigenvalue weighted by Gasteiger charge is 2.45. The van der Waals surface area contributed by atoms with Gasteiger partial charge in [0.05, 0.1) is 18.3 Å². The molecular weight excluding hydrogens is 417 g/mol. The molecule has 1 aliphatic rings. The first-order chi connectivity index (χ1) is 14.6. The maximum Gasteiger partial charge on any atom is 0.416 e. The van der Waals surface area contributed by atoms with Crippen LogP contribution in [0.2, 0.25) is 0 Å². The predicted molar refractivity (Wildman–Crippen MR) is 106 cm³/mol. The number of halogens is 3. The van der Waals surface area contributed by atoms with E-state index in [1.807, 2.05) is 0 Å². The molecule has 0 aromatic heterocycles. The Kier molecular flexibility index (Phi) is 9.31. The number of carbonyl (C=O) groups excluding carboxylic acids is 1. The number of aliphatic hydroxyl groups is 1. The molecule has 1 fully saturated rings. The van der Waals surface area contributed by atoms with Gasteiger partial charge in [0.2, 0.25) is 0 Å². The summed E-state index contributed by atoms with van der Waals surface area (Å²) >= 11 is 0. The lowest BCUT2D eigenvalue weighted by atomic mass is 9.88. The maximum atomic E-state index is 12.7. The number of ketones is 1. The molecular formula is C22H29F3O6. The fourth-order valence-corrected chi connectivity index (χ4v) is 3.60. The van der Waals surface area contributed by atoms with Crippen molar-refractivity contribution in [1.82, 2.24) is 0 Å².